The minimum absolute atomic E-state index is 0.0285. The number of amides is 2. The number of nitrogens with zero attached hydrogens (tertiary/aromatic N) is 2. The van der Waals surface area contributed by atoms with Crippen LogP contribution in [0, 0.1) is 0 Å². The molecule has 7 nitrogen and oxygen atoms in total. The van der Waals surface area contributed by atoms with Gasteiger partial charge in [0.2, 0.25) is 0 Å². The van der Waals surface area contributed by atoms with Crippen molar-refractivity contribution in [1.82, 2.24) is 10.2 Å². The molecule has 1 aliphatic heterocycles. The normalized spacial score (nSPS) is 13.7. The molecule has 3 rings (SSSR count). The lowest BCUT2D eigenvalue weighted by Crippen LogP contribution is -2.52. The van der Waals surface area contributed by atoms with Crippen molar-refractivity contribution in [2.45, 2.75) is 6.42 Å². The molecule has 0 saturated carbocycles. The number of benzene rings is 2. The Morgan fingerprint density at radius 1 is 0.931 bits per heavy atom. The van der Waals surface area contributed by atoms with Crippen LogP contribution in [-0.4, -0.2) is 63.8 Å². The summed E-state index contributed by atoms with van der Waals surface area (Å²) in [5.41, 5.74) is 2.73. The molecule has 0 unspecified atom stereocenters. The van der Waals surface area contributed by atoms with Crippen LogP contribution in [0.1, 0.15) is 15.9 Å². The largest absolute Gasteiger partial charge is 0.497 e. The minimum Gasteiger partial charge on any atom is -0.497 e. The van der Waals surface area contributed by atoms with Crippen LogP contribution in [0.5, 0.6) is 5.75 Å². The van der Waals surface area contributed by atoms with Gasteiger partial charge in [-0.1, -0.05) is 12.1 Å². The van der Waals surface area contributed by atoms with Gasteiger partial charge in [-0.3, -0.25) is 0 Å². The second-order valence-corrected chi connectivity index (χ2v) is 6.84. The smallest absolute Gasteiger partial charge is 0.337 e. The lowest BCUT2D eigenvalue weighted by molar-refractivity contribution is 0.0600. The molecule has 0 aliphatic carbocycles. The zero-order valence-corrected chi connectivity index (χ0v) is 16.9. The van der Waals surface area contributed by atoms with Crippen LogP contribution in [0.4, 0.5) is 10.5 Å². The van der Waals surface area contributed by atoms with Gasteiger partial charge in [0.25, 0.3) is 0 Å². The highest BCUT2D eigenvalue weighted by atomic mass is 16.5. The predicted molar refractivity (Wildman–Crippen MR) is 112 cm³/mol. The maximum Gasteiger partial charge on any atom is 0.337 e. The summed E-state index contributed by atoms with van der Waals surface area (Å²) in [7, 11) is 3.02. The summed E-state index contributed by atoms with van der Waals surface area (Å²) in [6, 6.07) is 15.2. The van der Waals surface area contributed by atoms with E-state index in [0.29, 0.717) is 25.2 Å². The Morgan fingerprint density at radius 3 is 2.17 bits per heavy atom. The Balaban J connectivity index is 1.42. The highest BCUT2D eigenvalue weighted by Crippen LogP contribution is 2.18. The van der Waals surface area contributed by atoms with Crippen molar-refractivity contribution < 1.29 is 19.1 Å². The monoisotopic (exact) mass is 397 g/mol. The topological polar surface area (TPSA) is 71.1 Å². The third-order valence-electron chi connectivity index (χ3n) is 5.07. The van der Waals surface area contributed by atoms with Gasteiger partial charge in [-0.2, -0.15) is 0 Å². The molecule has 1 saturated heterocycles. The zero-order chi connectivity index (χ0) is 20.6. The Morgan fingerprint density at radius 2 is 1.59 bits per heavy atom. The van der Waals surface area contributed by atoms with Gasteiger partial charge in [0.1, 0.15) is 5.75 Å². The summed E-state index contributed by atoms with van der Waals surface area (Å²) in [4.78, 5) is 28.0. The number of nitrogens with one attached hydrogen (secondary N) is 1. The van der Waals surface area contributed by atoms with Crippen LogP contribution >= 0.6 is 0 Å². The molecule has 2 aromatic rings. The van der Waals surface area contributed by atoms with Gasteiger partial charge in [0, 0.05) is 38.4 Å². The van der Waals surface area contributed by atoms with Crippen LogP contribution in [0.25, 0.3) is 0 Å². The number of carbonyl (C=O) groups excluding carboxylic acids is 2. The van der Waals surface area contributed by atoms with Crippen molar-refractivity contribution in [2.75, 3.05) is 51.8 Å². The molecular weight excluding hydrogens is 370 g/mol. The van der Waals surface area contributed by atoms with Crippen LogP contribution < -0.4 is 15.0 Å². The molecule has 2 aromatic carbocycles. The van der Waals surface area contributed by atoms with E-state index in [1.54, 1.807) is 19.2 Å². The quantitative estimate of drug-likeness (QED) is 0.759. The zero-order valence-electron chi connectivity index (χ0n) is 16.9. The lowest BCUT2D eigenvalue weighted by Gasteiger charge is -2.36. The summed E-state index contributed by atoms with van der Waals surface area (Å²) >= 11 is 0. The average Bonchev–Trinajstić information content (AvgIpc) is 2.79. The van der Waals surface area contributed by atoms with Gasteiger partial charge in [0.05, 0.1) is 19.8 Å². The maximum atomic E-state index is 12.4. The highest BCUT2D eigenvalue weighted by molar-refractivity contribution is 5.89. The van der Waals surface area contributed by atoms with Gasteiger partial charge < -0.3 is 24.6 Å². The third kappa shape index (κ3) is 5.40. The Labute approximate surface area is 171 Å². The van der Waals surface area contributed by atoms with Crippen molar-refractivity contribution in [2.24, 2.45) is 0 Å². The SMILES string of the molecule is COC(=O)c1ccc(N2CCN(C(=O)NCCc3ccc(OC)cc3)CC2)cc1. The van der Waals surface area contributed by atoms with Gasteiger partial charge in [-0.05, 0) is 48.4 Å². The van der Waals surface area contributed by atoms with Crippen LogP contribution in [-0.2, 0) is 11.2 Å². The van der Waals surface area contributed by atoms with Gasteiger partial charge in [-0.15, -0.1) is 0 Å². The molecule has 154 valence electrons. The average molecular weight is 397 g/mol. The molecule has 0 bridgehead atoms. The summed E-state index contributed by atoms with van der Waals surface area (Å²) in [5.74, 6) is 0.489. The van der Waals surface area contributed by atoms with E-state index in [-0.39, 0.29) is 12.0 Å². The molecule has 0 radical (unpaired) electrons. The van der Waals surface area contributed by atoms with E-state index < -0.39 is 0 Å². The van der Waals surface area contributed by atoms with Gasteiger partial charge in [0.15, 0.2) is 0 Å². The van der Waals surface area contributed by atoms with E-state index in [9.17, 15) is 9.59 Å². The van der Waals surface area contributed by atoms with Gasteiger partial charge >= 0.3 is 12.0 Å². The number of urea groups is 1. The first-order chi connectivity index (χ1) is 14.1. The number of esters is 1. The first-order valence-electron chi connectivity index (χ1n) is 9.69. The van der Waals surface area contributed by atoms with Crippen molar-refractivity contribution in [1.29, 1.82) is 0 Å². The standard InChI is InChI=1S/C22H27N3O4/c1-28-20-9-3-17(4-10-20)11-12-23-22(27)25-15-13-24(14-16-25)19-7-5-18(6-8-19)21(26)29-2/h3-10H,11-16H2,1-2H3,(H,23,27). The van der Waals surface area contributed by atoms with Crippen LogP contribution in [0.15, 0.2) is 48.5 Å². The molecule has 1 N–H and O–H groups in total. The molecule has 1 aliphatic rings. The fraction of sp³-hybridized carbons (Fsp3) is 0.364. The van der Waals surface area contributed by atoms with Crippen molar-refractivity contribution in [3.8, 4) is 5.75 Å². The Bertz CT molecular complexity index is 813. The molecule has 1 fully saturated rings. The van der Waals surface area contributed by atoms with E-state index in [0.717, 1.165) is 36.5 Å². The highest BCUT2D eigenvalue weighted by Gasteiger charge is 2.21. The van der Waals surface area contributed by atoms with Crippen molar-refractivity contribution in [3.63, 3.8) is 0 Å². The van der Waals surface area contributed by atoms with Crippen molar-refractivity contribution in [3.05, 3.63) is 59.7 Å². The Hall–Kier alpha value is -3.22. The van der Waals surface area contributed by atoms with E-state index >= 15 is 0 Å². The van der Waals surface area contributed by atoms with Crippen molar-refractivity contribution >= 4 is 17.7 Å². The fourth-order valence-electron chi connectivity index (χ4n) is 3.31. The number of carbonyl (C=O) groups is 2. The van der Waals surface area contributed by atoms with Crippen LogP contribution in [0.2, 0.25) is 0 Å². The molecule has 7 heteroatoms. The molecule has 29 heavy (non-hydrogen) atoms. The number of piperazine rings is 1. The number of ether oxygens (including phenoxy) is 2. The summed E-state index contributed by atoms with van der Waals surface area (Å²) in [6.07, 6.45) is 0.780. The van der Waals surface area contributed by atoms with E-state index in [4.69, 9.17) is 9.47 Å². The second kappa shape index (κ2) is 9.82. The van der Waals surface area contributed by atoms with E-state index in [1.807, 2.05) is 41.3 Å². The maximum absolute atomic E-state index is 12.4. The summed E-state index contributed by atoms with van der Waals surface area (Å²) < 4.78 is 9.88. The number of anilines is 1. The van der Waals surface area contributed by atoms with E-state index in [2.05, 4.69) is 10.2 Å². The molecule has 1 heterocycles. The minimum atomic E-state index is -0.340. The first kappa shape index (κ1) is 20.5. The third-order valence-corrected chi connectivity index (χ3v) is 5.07. The second-order valence-electron chi connectivity index (χ2n) is 6.84. The summed E-state index contributed by atoms with van der Waals surface area (Å²) in [6.45, 7) is 3.42. The number of hydrogen-bond donors (Lipinski definition) is 1. The molecular formula is C22H27N3O4. The molecule has 0 spiro atoms. The molecule has 0 atom stereocenters. The number of hydrogen-bond acceptors (Lipinski definition) is 5. The summed E-state index contributed by atoms with van der Waals surface area (Å²) in [5, 5.41) is 3.00. The molecule has 2 amide bonds. The van der Waals surface area contributed by atoms with E-state index in [1.165, 1.54) is 7.11 Å². The Kier molecular flexibility index (Phi) is 6.94. The lowest BCUT2D eigenvalue weighted by atomic mass is 10.1. The van der Waals surface area contributed by atoms with Crippen LogP contribution in [0.3, 0.4) is 0 Å². The number of methoxy groups -OCH3 is 2. The molecule has 0 aromatic heterocycles. The van der Waals surface area contributed by atoms with Gasteiger partial charge in [-0.25, -0.2) is 9.59 Å². The first-order valence-corrected chi connectivity index (χ1v) is 9.69. The number of rotatable bonds is 6. The predicted octanol–water partition coefficient (Wildman–Crippen LogP) is 2.56. The fourth-order valence-corrected chi connectivity index (χ4v) is 3.31.